The zero-order valence-electron chi connectivity index (χ0n) is 17.3. The molecule has 1 aromatic heterocycles. The van der Waals surface area contributed by atoms with E-state index in [2.05, 4.69) is 16.0 Å². The molecule has 0 aliphatic carbocycles. The highest BCUT2D eigenvalue weighted by Gasteiger charge is 2.28. The van der Waals surface area contributed by atoms with Crippen LogP contribution in [-0.4, -0.2) is 46.9 Å². The first-order valence-corrected chi connectivity index (χ1v) is 10.4. The SMILES string of the molecule is N#CC(c1cccnc1)N1CCN(C(=O)C(=Cc2ccccc2)c2ccccc2)CC1. The van der Waals surface area contributed by atoms with Crippen LogP contribution in [0.3, 0.4) is 0 Å². The Morgan fingerprint density at radius 1 is 0.935 bits per heavy atom. The molecule has 0 radical (unpaired) electrons. The largest absolute Gasteiger partial charge is 0.336 e. The Morgan fingerprint density at radius 2 is 1.61 bits per heavy atom. The molecule has 3 aromatic rings. The molecule has 1 saturated heterocycles. The van der Waals surface area contributed by atoms with E-state index in [9.17, 15) is 10.1 Å². The molecular weight excluding hydrogens is 384 g/mol. The van der Waals surface area contributed by atoms with Gasteiger partial charge in [0.05, 0.1) is 6.07 Å². The molecule has 1 atom stereocenters. The van der Waals surface area contributed by atoms with Gasteiger partial charge in [0.1, 0.15) is 6.04 Å². The van der Waals surface area contributed by atoms with E-state index in [1.165, 1.54) is 0 Å². The number of carbonyl (C=O) groups is 1. The number of nitrogens with zero attached hydrogens (tertiary/aromatic N) is 4. The lowest BCUT2D eigenvalue weighted by molar-refractivity contribution is -0.126. The Morgan fingerprint density at radius 3 is 2.23 bits per heavy atom. The normalized spacial score (nSPS) is 15.8. The first-order valence-electron chi connectivity index (χ1n) is 10.4. The number of carbonyl (C=O) groups excluding carboxylic acids is 1. The Balaban J connectivity index is 1.52. The highest BCUT2D eigenvalue weighted by molar-refractivity contribution is 6.24. The highest BCUT2D eigenvalue weighted by atomic mass is 16.2. The lowest BCUT2D eigenvalue weighted by atomic mass is 10.0. The number of piperazine rings is 1. The van der Waals surface area contributed by atoms with E-state index in [1.54, 1.807) is 12.4 Å². The Hall–Kier alpha value is -3.75. The van der Waals surface area contributed by atoms with Crippen molar-refractivity contribution in [3.8, 4) is 6.07 Å². The minimum atomic E-state index is -0.348. The summed E-state index contributed by atoms with van der Waals surface area (Å²) < 4.78 is 0. The number of pyridine rings is 1. The maximum atomic E-state index is 13.5. The van der Waals surface area contributed by atoms with Gasteiger partial charge >= 0.3 is 0 Å². The molecule has 31 heavy (non-hydrogen) atoms. The van der Waals surface area contributed by atoms with Crippen molar-refractivity contribution < 1.29 is 4.79 Å². The van der Waals surface area contributed by atoms with Crippen molar-refractivity contribution >= 4 is 17.6 Å². The fourth-order valence-electron chi connectivity index (χ4n) is 3.86. The number of aromatic nitrogens is 1. The first kappa shape index (κ1) is 20.5. The van der Waals surface area contributed by atoms with Gasteiger partial charge in [0, 0.05) is 49.7 Å². The smallest absolute Gasteiger partial charge is 0.254 e. The molecular formula is C26H24N4O. The van der Waals surface area contributed by atoms with Crippen molar-refractivity contribution in [1.82, 2.24) is 14.8 Å². The molecule has 0 bridgehead atoms. The number of hydrogen-bond acceptors (Lipinski definition) is 4. The van der Waals surface area contributed by atoms with E-state index >= 15 is 0 Å². The van der Waals surface area contributed by atoms with Crippen LogP contribution in [-0.2, 0) is 4.79 Å². The van der Waals surface area contributed by atoms with Crippen molar-refractivity contribution in [2.24, 2.45) is 0 Å². The van der Waals surface area contributed by atoms with Crippen LogP contribution in [0.5, 0.6) is 0 Å². The van der Waals surface area contributed by atoms with Crippen LogP contribution in [0.25, 0.3) is 11.6 Å². The summed E-state index contributed by atoms with van der Waals surface area (Å²) in [7, 11) is 0. The molecule has 1 amide bonds. The van der Waals surface area contributed by atoms with E-state index in [-0.39, 0.29) is 11.9 Å². The Labute approximate surface area is 182 Å². The maximum Gasteiger partial charge on any atom is 0.254 e. The molecule has 0 spiro atoms. The molecule has 1 unspecified atom stereocenters. The van der Waals surface area contributed by atoms with E-state index in [0.29, 0.717) is 31.8 Å². The second-order valence-corrected chi connectivity index (χ2v) is 7.48. The Kier molecular flexibility index (Phi) is 6.51. The molecule has 2 aromatic carbocycles. The van der Waals surface area contributed by atoms with Gasteiger partial charge in [-0.05, 0) is 23.3 Å². The van der Waals surface area contributed by atoms with Crippen LogP contribution in [0.1, 0.15) is 22.7 Å². The number of hydrogen-bond donors (Lipinski definition) is 0. The molecule has 1 fully saturated rings. The molecule has 154 valence electrons. The molecule has 1 aliphatic rings. The summed E-state index contributed by atoms with van der Waals surface area (Å²) in [6, 6.07) is 25.5. The van der Waals surface area contributed by atoms with Gasteiger partial charge in [-0.3, -0.25) is 14.7 Å². The van der Waals surface area contributed by atoms with Crippen LogP contribution in [0, 0.1) is 11.3 Å². The van der Waals surface area contributed by atoms with Crippen molar-refractivity contribution in [1.29, 1.82) is 5.26 Å². The molecule has 5 nitrogen and oxygen atoms in total. The first-order chi connectivity index (χ1) is 15.3. The van der Waals surface area contributed by atoms with Crippen LogP contribution in [0.15, 0.2) is 85.2 Å². The van der Waals surface area contributed by atoms with Crippen LogP contribution in [0.2, 0.25) is 0 Å². The zero-order chi connectivity index (χ0) is 21.5. The Bertz CT molecular complexity index is 1070. The highest BCUT2D eigenvalue weighted by Crippen LogP contribution is 2.24. The van der Waals surface area contributed by atoms with Gasteiger partial charge < -0.3 is 4.90 Å². The summed E-state index contributed by atoms with van der Waals surface area (Å²) in [4.78, 5) is 21.6. The fourth-order valence-corrected chi connectivity index (χ4v) is 3.86. The summed E-state index contributed by atoms with van der Waals surface area (Å²) in [5.41, 5.74) is 3.47. The number of amides is 1. The van der Waals surface area contributed by atoms with E-state index < -0.39 is 0 Å². The van der Waals surface area contributed by atoms with Gasteiger partial charge in [-0.1, -0.05) is 66.7 Å². The topological polar surface area (TPSA) is 60.2 Å². The van der Waals surface area contributed by atoms with Crippen LogP contribution in [0.4, 0.5) is 0 Å². The van der Waals surface area contributed by atoms with Crippen LogP contribution < -0.4 is 0 Å². The van der Waals surface area contributed by atoms with Crippen molar-refractivity contribution in [3.63, 3.8) is 0 Å². The summed E-state index contributed by atoms with van der Waals surface area (Å²) in [5.74, 6) is 0.0181. The summed E-state index contributed by atoms with van der Waals surface area (Å²) in [6.45, 7) is 2.45. The monoisotopic (exact) mass is 408 g/mol. The standard InChI is InChI=1S/C26H24N4O/c27-19-25(23-12-7-13-28-20-23)29-14-16-30(17-15-29)26(31)24(22-10-5-2-6-11-22)18-21-8-3-1-4-9-21/h1-13,18,20,25H,14-17H2. The molecule has 5 heteroatoms. The van der Waals surface area contributed by atoms with Gasteiger partial charge in [0.2, 0.25) is 0 Å². The summed E-state index contributed by atoms with van der Waals surface area (Å²) in [6.07, 6.45) is 5.40. The van der Waals surface area contributed by atoms with Crippen molar-refractivity contribution in [2.75, 3.05) is 26.2 Å². The van der Waals surface area contributed by atoms with Gasteiger partial charge in [-0.15, -0.1) is 0 Å². The van der Waals surface area contributed by atoms with Crippen LogP contribution >= 0.6 is 0 Å². The number of rotatable bonds is 5. The third-order valence-electron chi connectivity index (χ3n) is 5.51. The summed E-state index contributed by atoms with van der Waals surface area (Å²) in [5, 5.41) is 9.70. The molecule has 2 heterocycles. The van der Waals surface area contributed by atoms with E-state index in [0.717, 1.165) is 16.7 Å². The molecule has 1 aliphatic heterocycles. The second-order valence-electron chi connectivity index (χ2n) is 7.48. The lowest BCUT2D eigenvalue weighted by Gasteiger charge is -2.37. The van der Waals surface area contributed by atoms with Crippen molar-refractivity contribution in [2.45, 2.75) is 6.04 Å². The van der Waals surface area contributed by atoms with Gasteiger partial charge in [0.25, 0.3) is 5.91 Å². The second kappa shape index (κ2) is 9.84. The van der Waals surface area contributed by atoms with Crippen molar-refractivity contribution in [3.05, 3.63) is 102 Å². The minimum absolute atomic E-state index is 0.0181. The fraction of sp³-hybridized carbons (Fsp3) is 0.192. The average molecular weight is 409 g/mol. The van der Waals surface area contributed by atoms with E-state index in [4.69, 9.17) is 0 Å². The average Bonchev–Trinajstić information content (AvgIpc) is 2.85. The predicted molar refractivity (Wildman–Crippen MR) is 121 cm³/mol. The molecule has 0 saturated carbocycles. The van der Waals surface area contributed by atoms with E-state index in [1.807, 2.05) is 83.8 Å². The summed E-state index contributed by atoms with van der Waals surface area (Å²) >= 11 is 0. The quantitative estimate of drug-likeness (QED) is 0.472. The predicted octanol–water partition coefficient (Wildman–Crippen LogP) is 4.03. The number of benzene rings is 2. The third-order valence-corrected chi connectivity index (χ3v) is 5.51. The molecule has 4 rings (SSSR count). The van der Waals surface area contributed by atoms with Gasteiger partial charge in [-0.25, -0.2) is 0 Å². The molecule has 0 N–H and O–H groups in total. The minimum Gasteiger partial charge on any atom is -0.336 e. The maximum absolute atomic E-state index is 13.5. The number of nitriles is 1. The zero-order valence-corrected chi connectivity index (χ0v) is 17.3. The third kappa shape index (κ3) is 4.88. The van der Waals surface area contributed by atoms with Gasteiger partial charge in [0.15, 0.2) is 0 Å². The lowest BCUT2D eigenvalue weighted by Crippen LogP contribution is -2.49. The van der Waals surface area contributed by atoms with Gasteiger partial charge in [-0.2, -0.15) is 5.26 Å².